The van der Waals surface area contributed by atoms with E-state index in [4.69, 9.17) is 0 Å². The molecule has 1 aliphatic heterocycles. The first-order chi connectivity index (χ1) is 9.65. The van der Waals surface area contributed by atoms with Gasteiger partial charge in [0, 0.05) is 13.1 Å². The highest BCUT2D eigenvalue weighted by Gasteiger charge is 2.29. The maximum Gasteiger partial charge on any atom is 0.317 e. The molecular formula is C15H20N2O3. The summed E-state index contributed by atoms with van der Waals surface area (Å²) >= 11 is 0. The van der Waals surface area contributed by atoms with Gasteiger partial charge in [-0.25, -0.2) is 4.79 Å². The summed E-state index contributed by atoms with van der Waals surface area (Å²) in [7, 11) is 0. The van der Waals surface area contributed by atoms with E-state index in [0.717, 1.165) is 36.8 Å². The van der Waals surface area contributed by atoms with Crippen LogP contribution in [0.15, 0.2) is 18.2 Å². The van der Waals surface area contributed by atoms with Crippen molar-refractivity contribution in [2.75, 3.05) is 13.1 Å². The minimum absolute atomic E-state index is 0.0383. The molecular weight excluding hydrogens is 256 g/mol. The van der Waals surface area contributed by atoms with Gasteiger partial charge in [0.25, 0.3) is 0 Å². The fourth-order valence-corrected chi connectivity index (χ4v) is 3.16. The summed E-state index contributed by atoms with van der Waals surface area (Å²) in [5.74, 6) is 0.313. The second-order valence-electron chi connectivity index (χ2n) is 5.63. The Hall–Kier alpha value is -1.75. The van der Waals surface area contributed by atoms with E-state index in [1.165, 1.54) is 0 Å². The van der Waals surface area contributed by atoms with Crippen molar-refractivity contribution < 1.29 is 15.0 Å². The van der Waals surface area contributed by atoms with Crippen LogP contribution in [0.1, 0.15) is 36.4 Å². The number of piperidine rings is 1. The average molecular weight is 276 g/mol. The quantitative estimate of drug-likeness (QED) is 0.728. The number of amides is 2. The molecule has 2 unspecified atom stereocenters. The maximum atomic E-state index is 12.2. The number of nitrogens with zero attached hydrogens (tertiary/aromatic N) is 1. The van der Waals surface area contributed by atoms with Crippen LogP contribution in [0.3, 0.4) is 0 Å². The van der Waals surface area contributed by atoms with Crippen molar-refractivity contribution in [3.8, 4) is 5.75 Å². The predicted molar refractivity (Wildman–Crippen MR) is 74.5 cm³/mol. The summed E-state index contributed by atoms with van der Waals surface area (Å²) in [4.78, 5) is 13.9. The predicted octanol–water partition coefficient (Wildman–Crippen LogP) is 1.55. The normalized spacial score (nSPS) is 25.4. The van der Waals surface area contributed by atoms with E-state index >= 15 is 0 Å². The zero-order chi connectivity index (χ0) is 14.1. The lowest BCUT2D eigenvalue weighted by Crippen LogP contribution is -2.47. The molecule has 0 spiro atoms. The molecule has 3 N–H and O–H groups in total. The van der Waals surface area contributed by atoms with Gasteiger partial charge in [0.15, 0.2) is 0 Å². The van der Waals surface area contributed by atoms with Crippen LogP contribution in [0.5, 0.6) is 5.75 Å². The lowest BCUT2D eigenvalue weighted by molar-refractivity contribution is 0.0833. The van der Waals surface area contributed by atoms with Crippen molar-refractivity contribution in [2.24, 2.45) is 0 Å². The van der Waals surface area contributed by atoms with E-state index in [-0.39, 0.29) is 12.1 Å². The topological polar surface area (TPSA) is 72.8 Å². The number of phenolic OH excluding ortho intramolecular Hbond substituents is 1. The first-order valence-electron chi connectivity index (χ1n) is 7.19. The summed E-state index contributed by atoms with van der Waals surface area (Å²) in [6.45, 7) is 1.11. The average Bonchev–Trinajstić information content (AvgIpc) is 2.83. The summed E-state index contributed by atoms with van der Waals surface area (Å²) < 4.78 is 0. The Balaban J connectivity index is 1.68. The Bertz CT molecular complexity index is 518. The van der Waals surface area contributed by atoms with Crippen LogP contribution in [-0.2, 0) is 6.42 Å². The molecule has 5 nitrogen and oxygen atoms in total. The third-order valence-corrected chi connectivity index (χ3v) is 4.23. The monoisotopic (exact) mass is 276 g/mol. The molecule has 0 aromatic heterocycles. The molecule has 5 heteroatoms. The Morgan fingerprint density at radius 2 is 2.20 bits per heavy atom. The minimum atomic E-state index is -0.408. The highest BCUT2D eigenvalue weighted by atomic mass is 16.3. The van der Waals surface area contributed by atoms with Gasteiger partial charge in [-0.1, -0.05) is 12.1 Å². The van der Waals surface area contributed by atoms with Gasteiger partial charge in [-0.15, -0.1) is 0 Å². The van der Waals surface area contributed by atoms with Crippen LogP contribution in [0.4, 0.5) is 4.79 Å². The van der Waals surface area contributed by atoms with E-state index in [0.29, 0.717) is 18.8 Å². The van der Waals surface area contributed by atoms with Gasteiger partial charge in [0.2, 0.25) is 0 Å². The van der Waals surface area contributed by atoms with Crippen LogP contribution < -0.4 is 5.32 Å². The number of likely N-dealkylation sites (tertiary alicyclic amines) is 1. The third-order valence-electron chi connectivity index (χ3n) is 4.23. The van der Waals surface area contributed by atoms with Gasteiger partial charge in [0.1, 0.15) is 5.75 Å². The van der Waals surface area contributed by atoms with Gasteiger partial charge < -0.3 is 20.4 Å². The number of aliphatic hydroxyl groups is 1. The summed E-state index contributed by atoms with van der Waals surface area (Å²) in [6.07, 6.45) is 2.81. The van der Waals surface area contributed by atoms with Gasteiger partial charge in [-0.05, 0) is 42.9 Å². The molecule has 0 radical (unpaired) electrons. The number of β-amino-alcohol motifs (C(OH)–C–C–N with tert-alkyl or cyclic N) is 1. The maximum absolute atomic E-state index is 12.2. The van der Waals surface area contributed by atoms with Crippen LogP contribution >= 0.6 is 0 Å². The summed E-state index contributed by atoms with van der Waals surface area (Å²) in [6, 6.07) is 5.29. The lowest BCUT2D eigenvalue weighted by Gasteiger charge is -2.31. The lowest BCUT2D eigenvalue weighted by atomic mass is 10.1. The number of aromatic hydroxyl groups is 1. The Morgan fingerprint density at radius 3 is 3.00 bits per heavy atom. The molecule has 20 heavy (non-hydrogen) atoms. The largest absolute Gasteiger partial charge is 0.508 e. The Morgan fingerprint density at radius 1 is 1.35 bits per heavy atom. The summed E-state index contributed by atoms with van der Waals surface area (Å²) in [5, 5.41) is 22.5. The number of aliphatic hydroxyl groups excluding tert-OH is 1. The number of carbonyl (C=O) groups is 1. The number of hydrogen-bond donors (Lipinski definition) is 3. The van der Waals surface area contributed by atoms with Crippen molar-refractivity contribution in [3.05, 3.63) is 29.3 Å². The zero-order valence-electron chi connectivity index (χ0n) is 11.4. The zero-order valence-corrected chi connectivity index (χ0v) is 11.4. The van der Waals surface area contributed by atoms with Crippen molar-refractivity contribution in [1.82, 2.24) is 10.2 Å². The molecule has 1 saturated heterocycles. The Kier molecular flexibility index (Phi) is 3.53. The fourth-order valence-electron chi connectivity index (χ4n) is 3.16. The molecule has 0 saturated carbocycles. The van der Waals surface area contributed by atoms with Gasteiger partial charge in [0.05, 0.1) is 12.1 Å². The second-order valence-corrected chi connectivity index (χ2v) is 5.63. The number of nitrogens with one attached hydrogen (secondary N) is 1. The SMILES string of the molecule is O=C(NC1CCc2c(O)cccc21)N1CCCC(O)C1. The fraction of sp³-hybridized carbons (Fsp3) is 0.533. The number of fused-ring (bicyclic) bond motifs is 1. The van der Waals surface area contributed by atoms with Gasteiger partial charge in [-0.2, -0.15) is 0 Å². The van der Waals surface area contributed by atoms with Crippen molar-refractivity contribution in [3.63, 3.8) is 0 Å². The number of carbonyl (C=O) groups excluding carboxylic acids is 1. The van der Waals surface area contributed by atoms with Gasteiger partial charge in [-0.3, -0.25) is 0 Å². The minimum Gasteiger partial charge on any atom is -0.508 e. The standard InChI is InChI=1S/C15H20N2O3/c18-10-3-2-8-17(9-10)15(20)16-13-7-6-12-11(13)4-1-5-14(12)19/h1,4-5,10,13,18-19H,2-3,6-9H2,(H,16,20). The number of urea groups is 1. The molecule has 1 aromatic rings. The Labute approximate surface area is 118 Å². The molecule has 1 aromatic carbocycles. The van der Waals surface area contributed by atoms with Crippen LogP contribution in [-0.4, -0.2) is 40.3 Å². The molecule has 3 rings (SSSR count). The van der Waals surface area contributed by atoms with E-state index < -0.39 is 6.10 Å². The molecule has 2 amide bonds. The summed E-state index contributed by atoms with van der Waals surface area (Å²) in [5.41, 5.74) is 1.95. The molecule has 2 aliphatic rings. The molecule has 1 heterocycles. The van der Waals surface area contributed by atoms with Crippen LogP contribution in [0.25, 0.3) is 0 Å². The van der Waals surface area contributed by atoms with E-state index in [2.05, 4.69) is 5.32 Å². The van der Waals surface area contributed by atoms with Crippen LogP contribution in [0.2, 0.25) is 0 Å². The first-order valence-corrected chi connectivity index (χ1v) is 7.19. The van der Waals surface area contributed by atoms with Crippen molar-refractivity contribution >= 4 is 6.03 Å². The first kappa shape index (κ1) is 13.2. The van der Waals surface area contributed by atoms with Crippen molar-refractivity contribution in [1.29, 1.82) is 0 Å². The number of hydrogen-bond acceptors (Lipinski definition) is 3. The number of benzene rings is 1. The van der Waals surface area contributed by atoms with Gasteiger partial charge >= 0.3 is 6.03 Å². The highest BCUT2D eigenvalue weighted by molar-refractivity contribution is 5.75. The van der Waals surface area contributed by atoms with Crippen molar-refractivity contribution in [2.45, 2.75) is 37.8 Å². The van der Waals surface area contributed by atoms with E-state index in [1.54, 1.807) is 11.0 Å². The molecule has 1 aliphatic carbocycles. The molecule has 108 valence electrons. The van der Waals surface area contributed by atoms with E-state index in [9.17, 15) is 15.0 Å². The second kappa shape index (κ2) is 5.32. The molecule has 0 bridgehead atoms. The van der Waals surface area contributed by atoms with Crippen LogP contribution in [0, 0.1) is 0 Å². The highest BCUT2D eigenvalue weighted by Crippen LogP contribution is 2.36. The molecule has 1 fully saturated rings. The smallest absolute Gasteiger partial charge is 0.317 e. The number of rotatable bonds is 1. The molecule has 2 atom stereocenters. The van der Waals surface area contributed by atoms with E-state index in [1.807, 2.05) is 12.1 Å². The third kappa shape index (κ3) is 2.45. The number of phenols is 1.